The summed E-state index contributed by atoms with van der Waals surface area (Å²) in [5.41, 5.74) is 1.01. The lowest BCUT2D eigenvalue weighted by molar-refractivity contribution is -0.153. The van der Waals surface area contributed by atoms with Crippen LogP contribution < -0.4 is 16.0 Å². The molecule has 0 aliphatic heterocycles. The third kappa shape index (κ3) is 16.4. The summed E-state index contributed by atoms with van der Waals surface area (Å²) < 4.78 is 17.0. The lowest BCUT2D eigenvalue weighted by Gasteiger charge is -2.58. The number of fused-ring (bicyclic) bond motifs is 5. The number of rotatable bonds is 23. The summed E-state index contributed by atoms with van der Waals surface area (Å²) in [6.45, 7) is 32.4. The SMILES string of the molecule is CC[C@H](CC[C@@H](C)C1CCC2C3CC=C4CC(OC(=O)CCC(=O)N(CCCCNCCC(C)NC(=O)OC(C)(C)C)CCC(C)NC(=O)OC(C)(C)C)CCC4(C)C3CCC21C)C(C)C. The summed E-state index contributed by atoms with van der Waals surface area (Å²) in [4.78, 5) is 53.5. The van der Waals surface area contributed by atoms with Gasteiger partial charge in [-0.05, 0) is 198 Å². The Bertz CT molecular complexity index is 1600. The molecule has 4 aliphatic rings. The van der Waals surface area contributed by atoms with Crippen LogP contribution in [-0.2, 0) is 23.8 Å². The number of carbonyl (C=O) groups excluding carboxylic acids is 4. The van der Waals surface area contributed by atoms with E-state index in [1.165, 1.54) is 56.9 Å². The maximum absolute atomic E-state index is 13.7. The van der Waals surface area contributed by atoms with Gasteiger partial charge >= 0.3 is 18.2 Å². The van der Waals surface area contributed by atoms with Gasteiger partial charge in [-0.3, -0.25) is 9.59 Å². The van der Waals surface area contributed by atoms with E-state index in [2.05, 4.69) is 63.6 Å². The second kappa shape index (κ2) is 24.6. The standard InChI is InChI=1S/C55H98N4O7/c1-15-41(37(2)3)19-18-38(4)45-22-23-46-44-21-20-42-36-43(26-30-54(42,13)47(44)27-31-55(45,46)14)64-49(61)25-24-48(60)59(35-29-40(6)58-51(63)66-53(10,11)12)34-17-16-32-56-33-28-39(5)57-50(62)65-52(7,8)9/h20,37-41,43-47,56H,15-19,21-36H2,1-14H3,(H,57,62)(H,58,63)/t38-,39?,40?,41-,43?,44?,45?,46?,47?,54?,55?/m1/s1. The molecule has 380 valence electrons. The second-order valence-electron chi connectivity index (χ2n) is 24.3. The van der Waals surface area contributed by atoms with Gasteiger partial charge < -0.3 is 35.1 Å². The van der Waals surface area contributed by atoms with Crippen molar-refractivity contribution in [3.8, 4) is 0 Å². The zero-order chi connectivity index (χ0) is 49.0. The van der Waals surface area contributed by atoms with Crippen molar-refractivity contribution < 1.29 is 33.4 Å². The van der Waals surface area contributed by atoms with E-state index >= 15 is 0 Å². The average Bonchev–Trinajstić information content (AvgIpc) is 3.56. The number of amides is 3. The van der Waals surface area contributed by atoms with Crippen molar-refractivity contribution in [2.75, 3.05) is 26.2 Å². The predicted octanol–water partition coefficient (Wildman–Crippen LogP) is 12.2. The molecule has 3 amide bonds. The van der Waals surface area contributed by atoms with Crippen molar-refractivity contribution in [2.24, 2.45) is 52.3 Å². The van der Waals surface area contributed by atoms with E-state index in [1.807, 2.05) is 60.3 Å². The highest BCUT2D eigenvalue weighted by Gasteiger charge is 2.59. The quantitative estimate of drug-likeness (QED) is 0.0399. The first kappa shape index (κ1) is 55.8. The number of nitrogens with one attached hydrogen (secondary N) is 3. The maximum atomic E-state index is 13.7. The fourth-order valence-corrected chi connectivity index (χ4v) is 12.9. The molecule has 0 spiro atoms. The van der Waals surface area contributed by atoms with Crippen LogP contribution in [-0.4, -0.2) is 84.5 Å². The molecule has 4 aliphatic carbocycles. The summed E-state index contributed by atoms with van der Waals surface area (Å²) in [6, 6.07) is -0.227. The Morgan fingerprint density at radius 1 is 0.758 bits per heavy atom. The Hall–Kier alpha value is -2.82. The van der Waals surface area contributed by atoms with Gasteiger partial charge in [0, 0.05) is 38.0 Å². The van der Waals surface area contributed by atoms with E-state index in [4.69, 9.17) is 14.2 Å². The van der Waals surface area contributed by atoms with Gasteiger partial charge in [0.1, 0.15) is 17.3 Å². The van der Waals surface area contributed by atoms with Gasteiger partial charge in [0.15, 0.2) is 0 Å². The Morgan fingerprint density at radius 3 is 2.03 bits per heavy atom. The van der Waals surface area contributed by atoms with Crippen molar-refractivity contribution in [2.45, 2.75) is 235 Å². The summed E-state index contributed by atoms with van der Waals surface area (Å²) in [7, 11) is 0. The van der Waals surface area contributed by atoms with E-state index in [0.717, 1.165) is 87.1 Å². The number of unbranched alkanes of at least 4 members (excludes halogenated alkanes) is 1. The maximum Gasteiger partial charge on any atom is 0.407 e. The Labute approximate surface area is 402 Å². The zero-order valence-electron chi connectivity index (χ0n) is 44.5. The molecular formula is C55H98N4O7. The van der Waals surface area contributed by atoms with Crippen LogP contribution in [0.3, 0.4) is 0 Å². The number of esters is 1. The number of alkyl carbamates (subject to hydrolysis) is 2. The minimum Gasteiger partial charge on any atom is -0.462 e. The number of nitrogens with zero attached hydrogens (tertiary/aromatic N) is 1. The molecule has 3 fully saturated rings. The molecule has 3 saturated carbocycles. The lowest BCUT2D eigenvalue weighted by Crippen LogP contribution is -2.51. The second-order valence-corrected chi connectivity index (χ2v) is 24.3. The third-order valence-electron chi connectivity index (χ3n) is 16.6. The minimum absolute atomic E-state index is 0.0280. The first-order chi connectivity index (χ1) is 30.8. The highest BCUT2D eigenvalue weighted by molar-refractivity contribution is 5.81. The Morgan fingerprint density at radius 2 is 1.41 bits per heavy atom. The smallest absolute Gasteiger partial charge is 0.407 e. The van der Waals surface area contributed by atoms with Gasteiger partial charge in [-0.15, -0.1) is 0 Å². The van der Waals surface area contributed by atoms with Crippen LogP contribution >= 0.6 is 0 Å². The van der Waals surface area contributed by atoms with Crippen LogP contribution in [0.5, 0.6) is 0 Å². The molecular weight excluding hydrogens is 829 g/mol. The van der Waals surface area contributed by atoms with Crippen molar-refractivity contribution in [1.29, 1.82) is 0 Å². The van der Waals surface area contributed by atoms with Gasteiger partial charge in [0.25, 0.3) is 0 Å². The molecule has 0 radical (unpaired) electrons. The van der Waals surface area contributed by atoms with Crippen LogP contribution in [0.15, 0.2) is 11.6 Å². The summed E-state index contributed by atoms with van der Waals surface area (Å²) in [5.74, 6) is 5.19. The topological polar surface area (TPSA) is 135 Å². The molecule has 0 bridgehead atoms. The van der Waals surface area contributed by atoms with Crippen molar-refractivity contribution >= 4 is 24.1 Å². The van der Waals surface area contributed by atoms with Gasteiger partial charge in [0.2, 0.25) is 5.91 Å². The van der Waals surface area contributed by atoms with Crippen molar-refractivity contribution in [1.82, 2.24) is 20.9 Å². The van der Waals surface area contributed by atoms with Crippen molar-refractivity contribution in [3.05, 3.63) is 11.6 Å². The average molecular weight is 927 g/mol. The zero-order valence-corrected chi connectivity index (χ0v) is 44.5. The van der Waals surface area contributed by atoms with Crippen LogP contribution in [0.2, 0.25) is 0 Å². The number of hydrogen-bond acceptors (Lipinski definition) is 8. The molecule has 0 saturated heterocycles. The molecule has 0 heterocycles. The fraction of sp³-hybridized carbons (Fsp3) is 0.891. The van der Waals surface area contributed by atoms with Crippen LogP contribution in [0.4, 0.5) is 9.59 Å². The van der Waals surface area contributed by atoms with E-state index in [-0.39, 0.29) is 48.3 Å². The molecule has 4 rings (SSSR count). The molecule has 11 atom stereocenters. The monoisotopic (exact) mass is 927 g/mol. The van der Waals surface area contributed by atoms with Gasteiger partial charge in [-0.1, -0.05) is 66.0 Å². The molecule has 66 heavy (non-hydrogen) atoms. The fourth-order valence-electron chi connectivity index (χ4n) is 12.9. The number of carbonyl (C=O) groups is 4. The van der Waals surface area contributed by atoms with E-state index in [0.29, 0.717) is 30.8 Å². The first-order valence-electron chi connectivity index (χ1n) is 26.7. The summed E-state index contributed by atoms with van der Waals surface area (Å²) in [5, 5.41) is 9.22. The Kier molecular flexibility index (Phi) is 20.8. The number of ether oxygens (including phenoxy) is 3. The van der Waals surface area contributed by atoms with E-state index in [9.17, 15) is 19.2 Å². The minimum atomic E-state index is -0.601. The first-order valence-corrected chi connectivity index (χ1v) is 26.7. The van der Waals surface area contributed by atoms with Crippen LogP contribution in [0.1, 0.15) is 206 Å². The normalized spacial score (nSPS) is 28.1. The third-order valence-corrected chi connectivity index (χ3v) is 16.6. The van der Waals surface area contributed by atoms with Crippen LogP contribution in [0.25, 0.3) is 0 Å². The van der Waals surface area contributed by atoms with E-state index < -0.39 is 23.4 Å². The molecule has 0 aromatic heterocycles. The van der Waals surface area contributed by atoms with Crippen molar-refractivity contribution in [3.63, 3.8) is 0 Å². The molecule has 11 nitrogen and oxygen atoms in total. The predicted molar refractivity (Wildman–Crippen MR) is 267 cm³/mol. The lowest BCUT2D eigenvalue weighted by atomic mass is 9.47. The molecule has 11 heteroatoms. The largest absolute Gasteiger partial charge is 0.462 e. The van der Waals surface area contributed by atoms with Gasteiger partial charge in [-0.2, -0.15) is 0 Å². The highest BCUT2D eigenvalue weighted by atomic mass is 16.6. The summed E-state index contributed by atoms with van der Waals surface area (Å²) in [6.07, 6.45) is 18.1. The number of hydrogen-bond donors (Lipinski definition) is 3. The molecule has 0 aromatic carbocycles. The molecule has 0 aromatic rings. The highest BCUT2D eigenvalue weighted by Crippen LogP contribution is 2.67. The van der Waals surface area contributed by atoms with E-state index in [1.54, 1.807) is 0 Å². The molecule has 9 unspecified atom stereocenters. The number of allylic oxidation sites excluding steroid dienone is 1. The van der Waals surface area contributed by atoms with Gasteiger partial charge in [-0.25, -0.2) is 9.59 Å². The molecule has 3 N–H and O–H groups in total. The summed E-state index contributed by atoms with van der Waals surface area (Å²) >= 11 is 0. The van der Waals surface area contributed by atoms with Gasteiger partial charge in [0.05, 0.1) is 6.42 Å². The van der Waals surface area contributed by atoms with Crippen LogP contribution in [0, 0.1) is 52.3 Å². The Balaban J connectivity index is 1.26.